The molecule has 2 heterocycles. The number of halogens is 2. The Morgan fingerprint density at radius 3 is 2.57 bits per heavy atom. The highest BCUT2D eigenvalue weighted by Gasteiger charge is 2.21. The fraction of sp³-hybridized carbons (Fsp3) is 0.333. The third-order valence-corrected chi connectivity index (χ3v) is 4.20. The van der Waals surface area contributed by atoms with Gasteiger partial charge in [-0.3, -0.25) is 0 Å². The monoisotopic (exact) mass is 353 g/mol. The summed E-state index contributed by atoms with van der Waals surface area (Å²) in [6, 6.07) is 5.07. The van der Waals surface area contributed by atoms with E-state index >= 15 is 0 Å². The van der Waals surface area contributed by atoms with Gasteiger partial charge in [0.05, 0.1) is 11.2 Å². The van der Waals surface area contributed by atoms with Gasteiger partial charge in [-0.2, -0.15) is 4.98 Å². The van der Waals surface area contributed by atoms with Gasteiger partial charge >= 0.3 is 0 Å². The molecule has 1 saturated heterocycles. The van der Waals surface area contributed by atoms with Crippen molar-refractivity contribution in [3.8, 4) is 11.5 Å². The number of nitrogen functional groups attached to an aromatic ring is 1. The summed E-state index contributed by atoms with van der Waals surface area (Å²) in [5.74, 6) is 1.91. The van der Waals surface area contributed by atoms with Gasteiger partial charge < -0.3 is 20.3 Å². The average molecular weight is 354 g/mol. The van der Waals surface area contributed by atoms with Gasteiger partial charge in [-0.1, -0.05) is 23.2 Å². The number of likely N-dealkylation sites (N-methyl/N-ethyl adjacent to an activating group) is 1. The van der Waals surface area contributed by atoms with Crippen LogP contribution in [-0.4, -0.2) is 48.1 Å². The average Bonchev–Trinajstić information content (AvgIpc) is 2.52. The van der Waals surface area contributed by atoms with Crippen LogP contribution in [0.4, 0.5) is 11.8 Å². The maximum absolute atomic E-state index is 6.17. The van der Waals surface area contributed by atoms with Crippen LogP contribution < -0.4 is 15.4 Å². The Labute approximate surface area is 144 Å². The Morgan fingerprint density at radius 2 is 1.87 bits per heavy atom. The van der Waals surface area contributed by atoms with Gasteiger partial charge in [0.25, 0.3) is 0 Å². The van der Waals surface area contributed by atoms with E-state index in [4.69, 9.17) is 33.7 Å². The Morgan fingerprint density at radius 1 is 1.13 bits per heavy atom. The molecular weight excluding hydrogens is 337 g/mol. The Hall–Kier alpha value is -1.76. The summed E-state index contributed by atoms with van der Waals surface area (Å²) in [5.41, 5.74) is 5.75. The number of piperazine rings is 1. The zero-order valence-corrected chi connectivity index (χ0v) is 14.2. The Balaban J connectivity index is 1.89. The van der Waals surface area contributed by atoms with Crippen LogP contribution in [0.2, 0.25) is 10.0 Å². The molecule has 0 radical (unpaired) electrons. The molecule has 1 fully saturated rings. The lowest BCUT2D eigenvalue weighted by atomic mass is 10.3. The molecule has 1 aromatic heterocycles. The molecule has 2 aromatic rings. The molecule has 6 nitrogen and oxygen atoms in total. The predicted molar refractivity (Wildman–Crippen MR) is 92.7 cm³/mol. The second kappa shape index (κ2) is 6.78. The number of benzene rings is 1. The highest BCUT2D eigenvalue weighted by atomic mass is 35.5. The lowest BCUT2D eigenvalue weighted by Gasteiger charge is -2.33. The van der Waals surface area contributed by atoms with Gasteiger partial charge in [0.2, 0.25) is 5.95 Å². The molecule has 122 valence electrons. The Bertz CT molecular complexity index is 704. The zero-order valence-electron chi connectivity index (χ0n) is 12.7. The first-order valence-corrected chi connectivity index (χ1v) is 7.97. The molecule has 0 spiro atoms. The molecule has 8 heteroatoms. The van der Waals surface area contributed by atoms with Crippen molar-refractivity contribution in [2.24, 2.45) is 0 Å². The van der Waals surface area contributed by atoms with Crippen molar-refractivity contribution in [2.45, 2.75) is 0 Å². The number of hydrogen-bond acceptors (Lipinski definition) is 6. The van der Waals surface area contributed by atoms with E-state index in [0.29, 0.717) is 27.4 Å². The molecule has 3 rings (SSSR count). The lowest BCUT2D eigenvalue weighted by molar-refractivity contribution is 0.310. The number of ether oxygens (including phenoxy) is 1. The van der Waals surface area contributed by atoms with E-state index in [1.807, 2.05) is 0 Å². The molecule has 23 heavy (non-hydrogen) atoms. The highest BCUT2D eigenvalue weighted by Crippen LogP contribution is 2.35. The fourth-order valence-electron chi connectivity index (χ4n) is 2.37. The van der Waals surface area contributed by atoms with Crippen molar-refractivity contribution < 1.29 is 4.74 Å². The smallest absolute Gasteiger partial charge is 0.222 e. The molecule has 1 aromatic carbocycles. The third-order valence-electron chi connectivity index (χ3n) is 3.67. The number of aromatic nitrogens is 2. The fourth-order valence-corrected chi connectivity index (χ4v) is 2.82. The van der Waals surface area contributed by atoms with Crippen molar-refractivity contribution in [3.63, 3.8) is 0 Å². The standard InChI is InChI=1S/C15H17Cl2N5O/c1-21-4-6-22(7-5-21)14-13(9-19-15(18)20-14)23-12-3-2-10(16)8-11(12)17/h2-3,8-9H,4-7H2,1H3,(H2,18,19,20). The van der Waals surface area contributed by atoms with E-state index in [0.717, 1.165) is 26.2 Å². The SMILES string of the molecule is CN1CCN(c2nc(N)ncc2Oc2ccc(Cl)cc2Cl)CC1. The molecule has 0 aliphatic carbocycles. The van der Waals surface area contributed by atoms with Crippen molar-refractivity contribution in [3.05, 3.63) is 34.4 Å². The molecule has 0 saturated carbocycles. The maximum atomic E-state index is 6.17. The summed E-state index contributed by atoms with van der Waals surface area (Å²) in [7, 11) is 2.09. The molecule has 0 amide bonds. The van der Waals surface area contributed by atoms with Crippen LogP contribution in [0.5, 0.6) is 11.5 Å². The zero-order chi connectivity index (χ0) is 16.4. The van der Waals surface area contributed by atoms with Crippen LogP contribution in [-0.2, 0) is 0 Å². The quantitative estimate of drug-likeness (QED) is 0.914. The maximum Gasteiger partial charge on any atom is 0.222 e. The summed E-state index contributed by atoms with van der Waals surface area (Å²) >= 11 is 12.1. The van der Waals surface area contributed by atoms with Gasteiger partial charge in [-0.25, -0.2) is 4.98 Å². The summed E-state index contributed by atoms with van der Waals surface area (Å²) < 4.78 is 5.90. The van der Waals surface area contributed by atoms with Crippen LogP contribution in [0.15, 0.2) is 24.4 Å². The minimum absolute atomic E-state index is 0.216. The molecule has 0 bridgehead atoms. The first-order valence-electron chi connectivity index (χ1n) is 7.22. The minimum Gasteiger partial charge on any atom is -0.450 e. The number of nitrogens with zero attached hydrogens (tertiary/aromatic N) is 4. The second-order valence-corrected chi connectivity index (χ2v) is 6.23. The van der Waals surface area contributed by atoms with Gasteiger partial charge in [-0.15, -0.1) is 0 Å². The van der Waals surface area contributed by atoms with Crippen LogP contribution in [0.3, 0.4) is 0 Å². The minimum atomic E-state index is 0.216. The number of anilines is 2. The highest BCUT2D eigenvalue weighted by molar-refractivity contribution is 6.35. The first kappa shape index (κ1) is 16.1. The van der Waals surface area contributed by atoms with Gasteiger partial charge in [0, 0.05) is 31.2 Å². The van der Waals surface area contributed by atoms with E-state index in [2.05, 4.69) is 26.8 Å². The topological polar surface area (TPSA) is 67.5 Å². The van der Waals surface area contributed by atoms with Gasteiger partial charge in [-0.05, 0) is 25.2 Å². The summed E-state index contributed by atoms with van der Waals surface area (Å²) in [5, 5.41) is 0.980. The van der Waals surface area contributed by atoms with Crippen LogP contribution in [0, 0.1) is 0 Å². The normalized spacial score (nSPS) is 15.7. The molecule has 0 unspecified atom stereocenters. The van der Waals surface area contributed by atoms with Crippen LogP contribution in [0.25, 0.3) is 0 Å². The van der Waals surface area contributed by atoms with Gasteiger partial charge in [0.1, 0.15) is 5.75 Å². The largest absolute Gasteiger partial charge is 0.450 e. The van der Waals surface area contributed by atoms with Crippen molar-refractivity contribution >= 4 is 35.0 Å². The van der Waals surface area contributed by atoms with E-state index in [1.54, 1.807) is 24.4 Å². The van der Waals surface area contributed by atoms with E-state index in [-0.39, 0.29) is 5.95 Å². The molecular formula is C15H17Cl2N5O. The van der Waals surface area contributed by atoms with Crippen molar-refractivity contribution in [2.75, 3.05) is 43.9 Å². The van der Waals surface area contributed by atoms with Gasteiger partial charge in [0.15, 0.2) is 11.6 Å². The molecule has 1 aliphatic heterocycles. The first-order chi connectivity index (χ1) is 11.0. The summed E-state index contributed by atoms with van der Waals surface area (Å²) in [6.07, 6.45) is 1.57. The third kappa shape index (κ3) is 3.77. The number of nitrogens with two attached hydrogens (primary N) is 1. The Kier molecular flexibility index (Phi) is 4.75. The summed E-state index contributed by atoms with van der Waals surface area (Å²) in [6.45, 7) is 3.59. The second-order valence-electron chi connectivity index (χ2n) is 5.38. The van der Waals surface area contributed by atoms with E-state index < -0.39 is 0 Å². The van der Waals surface area contributed by atoms with Crippen molar-refractivity contribution in [1.29, 1.82) is 0 Å². The predicted octanol–water partition coefficient (Wildman–Crippen LogP) is 2.91. The molecule has 2 N–H and O–H groups in total. The number of hydrogen-bond donors (Lipinski definition) is 1. The molecule has 0 atom stereocenters. The van der Waals surface area contributed by atoms with Crippen LogP contribution in [0.1, 0.15) is 0 Å². The lowest BCUT2D eigenvalue weighted by Crippen LogP contribution is -2.45. The summed E-state index contributed by atoms with van der Waals surface area (Å²) in [4.78, 5) is 12.8. The molecule has 1 aliphatic rings. The number of rotatable bonds is 3. The van der Waals surface area contributed by atoms with Crippen molar-refractivity contribution in [1.82, 2.24) is 14.9 Å². The van der Waals surface area contributed by atoms with Crippen LogP contribution >= 0.6 is 23.2 Å². The van der Waals surface area contributed by atoms with E-state index in [9.17, 15) is 0 Å². The van der Waals surface area contributed by atoms with E-state index in [1.165, 1.54) is 0 Å².